The van der Waals surface area contributed by atoms with Crippen molar-refractivity contribution in [3.63, 3.8) is 0 Å². The summed E-state index contributed by atoms with van der Waals surface area (Å²) >= 11 is 0. The minimum Gasteiger partial charge on any atom is -0.462 e. The third kappa shape index (κ3) is 42.0. The van der Waals surface area contributed by atoms with Crippen molar-refractivity contribution >= 4 is 17.9 Å². The zero-order valence-electron chi connectivity index (χ0n) is 38.4. The van der Waals surface area contributed by atoms with Gasteiger partial charge in [0.1, 0.15) is 13.2 Å². The molecule has 0 aliphatic rings. The summed E-state index contributed by atoms with van der Waals surface area (Å²) in [5.41, 5.74) is 0. The first-order valence-electron chi connectivity index (χ1n) is 24.6. The van der Waals surface area contributed by atoms with Crippen LogP contribution >= 0.6 is 0 Å². The number of rotatable bonds is 43. The first kappa shape index (κ1) is 54.4. The number of hydrogen-bond donors (Lipinski definition) is 0. The maximum atomic E-state index is 12.7. The normalized spacial score (nSPS) is 12.6. The van der Waals surface area contributed by atoms with Gasteiger partial charge in [0.2, 0.25) is 0 Å². The van der Waals surface area contributed by atoms with Gasteiger partial charge in [-0.1, -0.05) is 228 Å². The molecule has 0 rings (SSSR count). The SMILES string of the molecule is CCC(C)CCCCCCCCCCC(=O)O[C@H](COC(=O)CCCCCCCCCCCCCC(C)C)COC(=O)CCCCCCCCCCCC(C)C. The van der Waals surface area contributed by atoms with Crippen molar-refractivity contribution in [3.8, 4) is 0 Å². The highest BCUT2D eigenvalue weighted by Crippen LogP contribution is 2.18. The molecule has 0 saturated carbocycles. The highest BCUT2D eigenvalue weighted by molar-refractivity contribution is 5.71. The van der Waals surface area contributed by atoms with E-state index in [1.807, 2.05) is 0 Å². The molecule has 0 fully saturated rings. The second kappa shape index (κ2) is 41.6. The van der Waals surface area contributed by atoms with Crippen molar-refractivity contribution in [2.75, 3.05) is 13.2 Å². The molecule has 0 aromatic rings. The number of hydrogen-bond acceptors (Lipinski definition) is 6. The highest BCUT2D eigenvalue weighted by Gasteiger charge is 2.19. The standard InChI is InChI=1S/C50H96O6/c1-7-46(6)38-32-26-20-16-17-23-29-35-41-50(53)56-47(43-55-49(52)40-34-28-22-15-11-13-19-25-31-37-45(4)5)42-54-48(51)39-33-27-21-14-10-8-9-12-18-24-30-36-44(2)3/h44-47H,7-43H2,1-6H3/t46?,47-/m1/s1. The smallest absolute Gasteiger partial charge is 0.306 e. The van der Waals surface area contributed by atoms with E-state index in [2.05, 4.69) is 41.5 Å². The average molecular weight is 793 g/mol. The molecule has 0 radical (unpaired) electrons. The van der Waals surface area contributed by atoms with Crippen LogP contribution in [0.2, 0.25) is 0 Å². The Labute approximate surface area is 348 Å². The summed E-state index contributed by atoms with van der Waals surface area (Å²) in [5, 5.41) is 0. The Hall–Kier alpha value is -1.59. The van der Waals surface area contributed by atoms with Crippen LogP contribution < -0.4 is 0 Å². The number of esters is 3. The molecule has 6 heteroatoms. The third-order valence-electron chi connectivity index (χ3n) is 11.5. The lowest BCUT2D eigenvalue weighted by molar-refractivity contribution is -0.167. The van der Waals surface area contributed by atoms with Crippen LogP contribution in [-0.2, 0) is 28.6 Å². The Morgan fingerprint density at radius 2 is 0.625 bits per heavy atom. The Balaban J connectivity index is 4.34. The number of carbonyl (C=O) groups is 3. The van der Waals surface area contributed by atoms with Gasteiger partial charge in [0.05, 0.1) is 0 Å². The van der Waals surface area contributed by atoms with Crippen LogP contribution in [0.4, 0.5) is 0 Å². The van der Waals surface area contributed by atoms with Gasteiger partial charge in [-0.2, -0.15) is 0 Å². The second-order valence-electron chi connectivity index (χ2n) is 18.3. The van der Waals surface area contributed by atoms with E-state index in [1.54, 1.807) is 0 Å². The predicted molar refractivity (Wildman–Crippen MR) is 238 cm³/mol. The maximum absolute atomic E-state index is 12.7. The Bertz CT molecular complexity index is 870. The minimum absolute atomic E-state index is 0.0656. The molecule has 0 spiro atoms. The molecule has 2 atom stereocenters. The summed E-state index contributed by atoms with van der Waals surface area (Å²) < 4.78 is 16.8. The van der Waals surface area contributed by atoms with Gasteiger partial charge in [-0.15, -0.1) is 0 Å². The lowest BCUT2D eigenvalue weighted by Crippen LogP contribution is -2.30. The van der Waals surface area contributed by atoms with E-state index in [9.17, 15) is 14.4 Å². The molecule has 0 bridgehead atoms. The van der Waals surface area contributed by atoms with Crippen molar-refractivity contribution < 1.29 is 28.6 Å². The molecule has 56 heavy (non-hydrogen) atoms. The predicted octanol–water partition coefficient (Wildman–Crippen LogP) is 15.6. The monoisotopic (exact) mass is 793 g/mol. The lowest BCUT2D eigenvalue weighted by Gasteiger charge is -2.18. The molecule has 0 heterocycles. The van der Waals surface area contributed by atoms with Crippen molar-refractivity contribution in [1.82, 2.24) is 0 Å². The van der Waals surface area contributed by atoms with Crippen LogP contribution in [0.3, 0.4) is 0 Å². The minimum atomic E-state index is -0.762. The zero-order valence-corrected chi connectivity index (χ0v) is 38.4. The Morgan fingerprint density at radius 1 is 0.357 bits per heavy atom. The van der Waals surface area contributed by atoms with Crippen molar-refractivity contribution in [1.29, 1.82) is 0 Å². The molecule has 0 aromatic carbocycles. The molecule has 0 aliphatic carbocycles. The molecular weight excluding hydrogens is 697 g/mol. The second-order valence-corrected chi connectivity index (χ2v) is 18.3. The van der Waals surface area contributed by atoms with E-state index in [1.165, 1.54) is 148 Å². The summed E-state index contributed by atoms with van der Waals surface area (Å²) in [6, 6.07) is 0. The molecule has 332 valence electrons. The summed E-state index contributed by atoms with van der Waals surface area (Å²) in [7, 11) is 0. The fourth-order valence-corrected chi connectivity index (χ4v) is 7.38. The van der Waals surface area contributed by atoms with E-state index in [-0.39, 0.29) is 31.1 Å². The molecule has 0 aromatic heterocycles. The van der Waals surface area contributed by atoms with Crippen molar-refractivity contribution in [2.24, 2.45) is 17.8 Å². The van der Waals surface area contributed by atoms with Gasteiger partial charge in [0.15, 0.2) is 6.10 Å². The van der Waals surface area contributed by atoms with Gasteiger partial charge in [-0.25, -0.2) is 0 Å². The largest absolute Gasteiger partial charge is 0.462 e. The molecule has 0 amide bonds. The average Bonchev–Trinajstić information content (AvgIpc) is 3.16. The van der Waals surface area contributed by atoms with Gasteiger partial charge < -0.3 is 14.2 Å². The topological polar surface area (TPSA) is 78.9 Å². The number of unbranched alkanes of at least 4 members (excludes halogenated alkanes) is 25. The van der Waals surface area contributed by atoms with Crippen LogP contribution in [0.15, 0.2) is 0 Å². The van der Waals surface area contributed by atoms with E-state index in [0.717, 1.165) is 75.5 Å². The van der Waals surface area contributed by atoms with Gasteiger partial charge >= 0.3 is 17.9 Å². The molecule has 0 saturated heterocycles. The summed E-state index contributed by atoms with van der Waals surface area (Å²) in [4.78, 5) is 37.8. The lowest BCUT2D eigenvalue weighted by atomic mass is 9.99. The Morgan fingerprint density at radius 3 is 0.929 bits per heavy atom. The first-order chi connectivity index (χ1) is 27.1. The third-order valence-corrected chi connectivity index (χ3v) is 11.5. The molecule has 1 unspecified atom stereocenters. The molecular formula is C50H96O6. The van der Waals surface area contributed by atoms with Crippen LogP contribution in [0, 0.1) is 17.8 Å². The summed E-state index contributed by atoms with van der Waals surface area (Å²) in [6.07, 6.45) is 39.4. The number of ether oxygens (including phenoxy) is 3. The van der Waals surface area contributed by atoms with E-state index in [4.69, 9.17) is 14.2 Å². The van der Waals surface area contributed by atoms with Gasteiger partial charge in [-0.05, 0) is 37.0 Å². The van der Waals surface area contributed by atoms with Crippen LogP contribution in [-0.4, -0.2) is 37.2 Å². The Kier molecular flexibility index (Phi) is 40.4. The van der Waals surface area contributed by atoms with Crippen molar-refractivity contribution in [2.45, 2.75) is 272 Å². The highest BCUT2D eigenvalue weighted by atomic mass is 16.6. The van der Waals surface area contributed by atoms with E-state index < -0.39 is 6.10 Å². The number of carbonyl (C=O) groups excluding carboxylic acids is 3. The van der Waals surface area contributed by atoms with Gasteiger partial charge in [-0.3, -0.25) is 14.4 Å². The molecule has 6 nitrogen and oxygen atoms in total. The maximum Gasteiger partial charge on any atom is 0.306 e. The fourth-order valence-electron chi connectivity index (χ4n) is 7.38. The summed E-state index contributed by atoms with van der Waals surface area (Å²) in [6.45, 7) is 13.7. The first-order valence-corrected chi connectivity index (χ1v) is 24.6. The van der Waals surface area contributed by atoms with Crippen LogP contribution in [0.5, 0.6) is 0 Å². The van der Waals surface area contributed by atoms with Crippen LogP contribution in [0.25, 0.3) is 0 Å². The summed E-state index contributed by atoms with van der Waals surface area (Å²) in [5.74, 6) is 1.62. The molecule has 0 aliphatic heterocycles. The van der Waals surface area contributed by atoms with E-state index in [0.29, 0.717) is 19.3 Å². The quantitative estimate of drug-likeness (QED) is 0.0348. The van der Waals surface area contributed by atoms with Crippen molar-refractivity contribution in [3.05, 3.63) is 0 Å². The molecule has 0 N–H and O–H groups in total. The zero-order chi connectivity index (χ0) is 41.3. The van der Waals surface area contributed by atoms with Gasteiger partial charge in [0.25, 0.3) is 0 Å². The van der Waals surface area contributed by atoms with Gasteiger partial charge in [0, 0.05) is 19.3 Å². The van der Waals surface area contributed by atoms with Crippen LogP contribution in [0.1, 0.15) is 266 Å². The van der Waals surface area contributed by atoms with E-state index >= 15 is 0 Å². The fraction of sp³-hybridized carbons (Fsp3) is 0.940.